The van der Waals surface area contributed by atoms with Gasteiger partial charge in [0, 0.05) is 11.1 Å². The first-order valence-electron chi connectivity index (χ1n) is 7.65. The number of hydrogen-bond donors (Lipinski definition) is 1. The maximum Gasteiger partial charge on any atom is 0.184 e. The van der Waals surface area contributed by atoms with E-state index in [2.05, 4.69) is 19.9 Å². The lowest BCUT2D eigenvalue weighted by molar-refractivity contribution is 1.12. The number of benzene rings is 2. The Morgan fingerprint density at radius 3 is 2.00 bits per heavy atom. The second-order valence-electron chi connectivity index (χ2n) is 5.49. The van der Waals surface area contributed by atoms with Crippen LogP contribution < -0.4 is 5.73 Å². The van der Waals surface area contributed by atoms with Crippen molar-refractivity contribution in [2.45, 2.75) is 6.92 Å². The van der Waals surface area contributed by atoms with E-state index in [0.29, 0.717) is 22.8 Å². The van der Waals surface area contributed by atoms with Gasteiger partial charge in [-0.15, -0.1) is 0 Å². The fourth-order valence-electron chi connectivity index (χ4n) is 2.64. The topological polar surface area (TPSA) is 77.6 Å². The molecule has 0 aliphatic carbocycles. The second-order valence-corrected chi connectivity index (χ2v) is 5.49. The molecule has 5 heteroatoms. The molecule has 0 saturated heterocycles. The average Bonchev–Trinajstić information content (AvgIpc) is 2.62. The molecule has 0 amide bonds. The molecule has 0 atom stereocenters. The molecule has 0 radical (unpaired) electrons. The zero-order chi connectivity index (χ0) is 16.5. The van der Waals surface area contributed by atoms with Gasteiger partial charge in [-0.25, -0.2) is 19.9 Å². The van der Waals surface area contributed by atoms with Crippen LogP contribution in [0.3, 0.4) is 0 Å². The first-order valence-corrected chi connectivity index (χ1v) is 7.65. The highest BCUT2D eigenvalue weighted by molar-refractivity contribution is 5.85. The van der Waals surface area contributed by atoms with Crippen LogP contribution in [0.2, 0.25) is 0 Å². The van der Waals surface area contributed by atoms with Gasteiger partial charge < -0.3 is 5.73 Å². The predicted molar refractivity (Wildman–Crippen MR) is 95.1 cm³/mol. The fraction of sp³-hybridized carbons (Fsp3) is 0.0526. The number of hydrogen-bond acceptors (Lipinski definition) is 5. The highest BCUT2D eigenvalue weighted by atomic mass is 15.0. The van der Waals surface area contributed by atoms with E-state index in [1.807, 2.05) is 67.6 Å². The van der Waals surface area contributed by atoms with Crippen LogP contribution in [-0.2, 0) is 0 Å². The van der Waals surface area contributed by atoms with Gasteiger partial charge in [0.2, 0.25) is 0 Å². The van der Waals surface area contributed by atoms with Gasteiger partial charge in [-0.05, 0) is 6.92 Å². The minimum Gasteiger partial charge on any atom is -0.382 e. The van der Waals surface area contributed by atoms with E-state index in [1.165, 1.54) is 0 Å². The van der Waals surface area contributed by atoms with Gasteiger partial charge in [-0.3, -0.25) is 0 Å². The Morgan fingerprint density at radius 1 is 0.708 bits per heavy atom. The Kier molecular flexibility index (Phi) is 3.39. The molecular weight excluding hydrogens is 298 g/mol. The minimum atomic E-state index is 0.337. The normalized spacial score (nSPS) is 10.9. The number of fused-ring (bicyclic) bond motifs is 1. The summed E-state index contributed by atoms with van der Waals surface area (Å²) in [5.74, 6) is 0.894. The van der Waals surface area contributed by atoms with Crippen LogP contribution >= 0.6 is 0 Å². The van der Waals surface area contributed by atoms with Gasteiger partial charge in [-0.2, -0.15) is 0 Å². The Labute approximate surface area is 139 Å². The highest BCUT2D eigenvalue weighted by Gasteiger charge is 2.13. The number of aromatic nitrogens is 4. The molecule has 24 heavy (non-hydrogen) atoms. The SMILES string of the molecule is Cc1nc2nc(-c3ccccc3)nc(N)c2nc1-c1ccccc1. The molecular formula is C19H15N5. The number of aryl methyl sites for hydroxylation is 1. The van der Waals surface area contributed by atoms with Crippen molar-refractivity contribution < 1.29 is 0 Å². The third-order valence-electron chi connectivity index (χ3n) is 3.81. The number of nitrogens with two attached hydrogens (primary N) is 1. The van der Waals surface area contributed by atoms with E-state index in [1.54, 1.807) is 0 Å². The van der Waals surface area contributed by atoms with E-state index < -0.39 is 0 Å². The van der Waals surface area contributed by atoms with Crippen molar-refractivity contribution in [2.75, 3.05) is 5.73 Å². The molecule has 4 rings (SSSR count). The fourth-order valence-corrected chi connectivity index (χ4v) is 2.64. The molecule has 2 aromatic heterocycles. The van der Waals surface area contributed by atoms with E-state index in [9.17, 15) is 0 Å². The smallest absolute Gasteiger partial charge is 0.184 e. The predicted octanol–water partition coefficient (Wildman–Crippen LogP) is 3.64. The van der Waals surface area contributed by atoms with Crippen LogP contribution in [0, 0.1) is 6.92 Å². The van der Waals surface area contributed by atoms with Crippen LogP contribution in [-0.4, -0.2) is 19.9 Å². The summed E-state index contributed by atoms with van der Waals surface area (Å²) < 4.78 is 0. The molecule has 2 N–H and O–H groups in total. The molecule has 0 fully saturated rings. The van der Waals surface area contributed by atoms with Crippen LogP contribution in [0.25, 0.3) is 33.8 Å². The Bertz CT molecular complexity index is 1010. The van der Waals surface area contributed by atoms with Crippen molar-refractivity contribution in [3.63, 3.8) is 0 Å². The minimum absolute atomic E-state index is 0.337. The maximum absolute atomic E-state index is 6.14. The molecule has 0 aliphatic heterocycles. The average molecular weight is 313 g/mol. The van der Waals surface area contributed by atoms with Crippen molar-refractivity contribution in [1.82, 2.24) is 19.9 Å². The molecule has 0 unspecified atom stereocenters. The van der Waals surface area contributed by atoms with Gasteiger partial charge >= 0.3 is 0 Å². The van der Waals surface area contributed by atoms with Crippen LogP contribution in [0.4, 0.5) is 5.82 Å². The van der Waals surface area contributed by atoms with Gasteiger partial charge in [0.05, 0.1) is 11.4 Å². The summed E-state index contributed by atoms with van der Waals surface area (Å²) in [7, 11) is 0. The summed E-state index contributed by atoms with van der Waals surface area (Å²) in [5.41, 5.74) is 10.7. The van der Waals surface area contributed by atoms with E-state index >= 15 is 0 Å². The summed E-state index contributed by atoms with van der Waals surface area (Å²) in [4.78, 5) is 18.2. The molecule has 0 spiro atoms. The van der Waals surface area contributed by atoms with Crippen molar-refractivity contribution >= 4 is 17.0 Å². The van der Waals surface area contributed by atoms with E-state index in [0.717, 1.165) is 22.5 Å². The first kappa shape index (κ1) is 14.3. The molecule has 0 aliphatic rings. The number of nitrogen functional groups attached to an aromatic ring is 1. The lowest BCUT2D eigenvalue weighted by Crippen LogP contribution is -2.03. The van der Waals surface area contributed by atoms with Crippen molar-refractivity contribution in [3.8, 4) is 22.6 Å². The van der Waals surface area contributed by atoms with Crippen molar-refractivity contribution in [2.24, 2.45) is 0 Å². The zero-order valence-corrected chi connectivity index (χ0v) is 13.1. The summed E-state index contributed by atoms with van der Waals surface area (Å²) >= 11 is 0. The summed E-state index contributed by atoms with van der Waals surface area (Å²) in [5, 5.41) is 0. The lowest BCUT2D eigenvalue weighted by atomic mass is 10.1. The number of nitrogens with zero attached hydrogens (tertiary/aromatic N) is 4. The molecule has 0 saturated carbocycles. The zero-order valence-electron chi connectivity index (χ0n) is 13.1. The molecule has 116 valence electrons. The van der Waals surface area contributed by atoms with E-state index in [-0.39, 0.29) is 0 Å². The Balaban J connectivity index is 1.92. The Hall–Kier alpha value is -3.34. The quantitative estimate of drug-likeness (QED) is 0.611. The summed E-state index contributed by atoms with van der Waals surface area (Å²) in [6.07, 6.45) is 0. The van der Waals surface area contributed by atoms with Gasteiger partial charge in [-0.1, -0.05) is 60.7 Å². The number of anilines is 1. The monoisotopic (exact) mass is 313 g/mol. The molecule has 0 bridgehead atoms. The maximum atomic E-state index is 6.14. The molecule has 2 aromatic carbocycles. The third-order valence-corrected chi connectivity index (χ3v) is 3.81. The lowest BCUT2D eigenvalue weighted by Gasteiger charge is -2.09. The van der Waals surface area contributed by atoms with Crippen molar-refractivity contribution in [3.05, 3.63) is 66.4 Å². The molecule has 5 nitrogen and oxygen atoms in total. The first-order chi connectivity index (χ1) is 11.7. The second kappa shape index (κ2) is 5.70. The number of rotatable bonds is 2. The van der Waals surface area contributed by atoms with Crippen LogP contribution in [0.1, 0.15) is 5.69 Å². The molecule has 4 aromatic rings. The van der Waals surface area contributed by atoms with Crippen molar-refractivity contribution in [1.29, 1.82) is 0 Å². The molecule has 2 heterocycles. The van der Waals surface area contributed by atoms with Gasteiger partial charge in [0.25, 0.3) is 0 Å². The third kappa shape index (κ3) is 2.46. The summed E-state index contributed by atoms with van der Waals surface area (Å²) in [6, 6.07) is 19.6. The Morgan fingerprint density at radius 2 is 1.33 bits per heavy atom. The van der Waals surface area contributed by atoms with Crippen LogP contribution in [0.5, 0.6) is 0 Å². The standard InChI is InChI=1S/C19H15N5/c1-12-15(13-8-4-2-5-9-13)22-16-17(20)23-18(24-19(16)21-12)14-10-6-3-7-11-14/h2-11H,1H3,(H2,20,21,23,24). The van der Waals surface area contributed by atoms with Crippen LogP contribution in [0.15, 0.2) is 60.7 Å². The van der Waals surface area contributed by atoms with Gasteiger partial charge in [0.15, 0.2) is 22.8 Å². The summed E-state index contributed by atoms with van der Waals surface area (Å²) in [6.45, 7) is 1.93. The largest absolute Gasteiger partial charge is 0.382 e. The van der Waals surface area contributed by atoms with E-state index in [4.69, 9.17) is 5.73 Å². The van der Waals surface area contributed by atoms with Gasteiger partial charge in [0.1, 0.15) is 0 Å². The highest BCUT2D eigenvalue weighted by Crippen LogP contribution is 2.26.